The number of amides is 1. The van der Waals surface area contributed by atoms with E-state index in [0.29, 0.717) is 5.56 Å². The number of hydrogen-bond acceptors (Lipinski definition) is 2. The monoisotopic (exact) mass is 257 g/mol. The average molecular weight is 257 g/mol. The molecule has 3 nitrogen and oxygen atoms in total. The normalized spacial score (nSPS) is 12.1. The lowest BCUT2D eigenvalue weighted by molar-refractivity contribution is -0.274. The summed E-state index contributed by atoms with van der Waals surface area (Å²) in [5.74, 6) is -1.06. The molecule has 0 fully saturated rings. The molecular weight excluding hydrogens is 247 g/mol. The van der Waals surface area contributed by atoms with E-state index in [9.17, 15) is 18.0 Å². The molecule has 0 aliphatic heterocycles. The van der Waals surface area contributed by atoms with Gasteiger partial charge in [-0.25, -0.2) is 0 Å². The molecule has 0 heterocycles. The van der Waals surface area contributed by atoms with Crippen LogP contribution in [0.3, 0.4) is 0 Å². The maximum Gasteiger partial charge on any atom is 0.573 e. The third kappa shape index (κ3) is 3.97. The van der Waals surface area contributed by atoms with Crippen molar-refractivity contribution in [3.05, 3.63) is 48.6 Å². The first-order chi connectivity index (χ1) is 8.33. The molecule has 0 bridgehead atoms. The summed E-state index contributed by atoms with van der Waals surface area (Å²) < 4.78 is 39.5. The fraction of sp³-hybridized carbons (Fsp3) is 0.0833. The number of ether oxygens (including phenoxy) is 1. The molecule has 0 aliphatic rings. The van der Waals surface area contributed by atoms with Gasteiger partial charge in [-0.15, -0.1) is 13.2 Å². The van der Waals surface area contributed by atoms with Gasteiger partial charge in [-0.05, 0) is 23.8 Å². The highest BCUT2D eigenvalue weighted by Crippen LogP contribution is 2.24. The van der Waals surface area contributed by atoms with E-state index in [1.165, 1.54) is 24.3 Å². The van der Waals surface area contributed by atoms with Crippen molar-refractivity contribution in [2.45, 2.75) is 6.36 Å². The van der Waals surface area contributed by atoms with Gasteiger partial charge in [0.05, 0.1) is 0 Å². The van der Waals surface area contributed by atoms with Crippen LogP contribution in [0.5, 0.6) is 5.75 Å². The van der Waals surface area contributed by atoms with Crippen LogP contribution in [0.25, 0.3) is 5.57 Å². The molecule has 0 saturated carbocycles. The molecule has 96 valence electrons. The summed E-state index contributed by atoms with van der Waals surface area (Å²) in [6.07, 6.45) is -2.01. The Morgan fingerprint density at radius 3 is 2.22 bits per heavy atom. The highest BCUT2D eigenvalue weighted by molar-refractivity contribution is 6.19. The summed E-state index contributed by atoms with van der Waals surface area (Å²) in [4.78, 5) is 11.1. The molecule has 1 aromatic rings. The Morgan fingerprint density at radius 2 is 1.83 bits per heavy atom. The Bertz CT molecular complexity index is 475. The minimum Gasteiger partial charge on any atom is -0.406 e. The van der Waals surface area contributed by atoms with Crippen molar-refractivity contribution in [3.63, 3.8) is 0 Å². The number of carbonyl (C=O) groups excluding carboxylic acids is 1. The van der Waals surface area contributed by atoms with E-state index in [4.69, 9.17) is 5.73 Å². The van der Waals surface area contributed by atoms with Gasteiger partial charge in [0, 0.05) is 5.57 Å². The molecular formula is C12H10F3NO2. The summed E-state index contributed by atoms with van der Waals surface area (Å²) in [5, 5.41) is 0. The number of carbonyl (C=O) groups is 1. The van der Waals surface area contributed by atoms with Gasteiger partial charge < -0.3 is 10.5 Å². The quantitative estimate of drug-likeness (QED) is 0.666. The SMILES string of the molecule is C=CC=C(C(N)=O)c1ccc(OC(F)(F)F)cc1. The smallest absolute Gasteiger partial charge is 0.406 e. The zero-order valence-electron chi connectivity index (χ0n) is 9.20. The zero-order valence-corrected chi connectivity index (χ0v) is 9.20. The number of primary amides is 1. The molecule has 1 rings (SSSR count). The Kier molecular flexibility index (Phi) is 4.14. The van der Waals surface area contributed by atoms with Crippen molar-refractivity contribution in [1.82, 2.24) is 0 Å². The van der Waals surface area contributed by atoms with Crippen LogP contribution in [0.4, 0.5) is 13.2 Å². The number of alkyl halides is 3. The second-order valence-corrected chi connectivity index (χ2v) is 3.25. The summed E-state index contributed by atoms with van der Waals surface area (Å²) in [6.45, 7) is 3.42. The van der Waals surface area contributed by atoms with Crippen LogP contribution in [0, 0.1) is 0 Å². The van der Waals surface area contributed by atoms with Crippen LogP contribution in [-0.4, -0.2) is 12.3 Å². The molecule has 0 radical (unpaired) electrons. The van der Waals surface area contributed by atoms with Gasteiger partial charge in [-0.3, -0.25) is 4.79 Å². The van der Waals surface area contributed by atoms with E-state index in [1.54, 1.807) is 0 Å². The Hall–Kier alpha value is -2.24. The lowest BCUT2D eigenvalue weighted by Crippen LogP contribution is -2.17. The fourth-order valence-corrected chi connectivity index (χ4v) is 1.27. The maximum absolute atomic E-state index is 11.9. The maximum atomic E-state index is 11.9. The predicted molar refractivity (Wildman–Crippen MR) is 60.5 cm³/mol. The molecule has 2 N–H and O–H groups in total. The number of allylic oxidation sites excluding steroid dienone is 2. The van der Waals surface area contributed by atoms with Gasteiger partial charge in [0.25, 0.3) is 0 Å². The number of halogens is 3. The average Bonchev–Trinajstić information content (AvgIpc) is 2.25. The Balaban J connectivity index is 2.98. The molecule has 0 spiro atoms. The van der Waals surface area contributed by atoms with Crippen LogP contribution >= 0.6 is 0 Å². The molecule has 0 atom stereocenters. The summed E-state index contributed by atoms with van der Waals surface area (Å²) >= 11 is 0. The highest BCUT2D eigenvalue weighted by atomic mass is 19.4. The van der Waals surface area contributed by atoms with E-state index < -0.39 is 12.3 Å². The van der Waals surface area contributed by atoms with Gasteiger partial charge in [0.1, 0.15) is 5.75 Å². The van der Waals surface area contributed by atoms with Crippen molar-refractivity contribution in [2.24, 2.45) is 5.73 Å². The predicted octanol–water partition coefficient (Wildman–Crippen LogP) is 2.64. The fourth-order valence-electron chi connectivity index (χ4n) is 1.27. The molecule has 6 heteroatoms. The molecule has 18 heavy (non-hydrogen) atoms. The molecule has 0 saturated heterocycles. The van der Waals surface area contributed by atoms with E-state index in [0.717, 1.165) is 12.1 Å². The molecule has 0 aromatic heterocycles. The summed E-state index contributed by atoms with van der Waals surface area (Å²) in [7, 11) is 0. The second-order valence-electron chi connectivity index (χ2n) is 3.25. The van der Waals surface area contributed by atoms with Crippen LogP contribution in [0.15, 0.2) is 43.0 Å². The first kappa shape index (κ1) is 13.8. The van der Waals surface area contributed by atoms with Crippen molar-refractivity contribution in [1.29, 1.82) is 0 Å². The highest BCUT2D eigenvalue weighted by Gasteiger charge is 2.30. The Morgan fingerprint density at radius 1 is 1.28 bits per heavy atom. The largest absolute Gasteiger partial charge is 0.573 e. The van der Waals surface area contributed by atoms with Crippen molar-refractivity contribution >= 4 is 11.5 Å². The molecule has 0 unspecified atom stereocenters. The third-order valence-corrected chi connectivity index (χ3v) is 1.95. The van der Waals surface area contributed by atoms with Crippen LogP contribution < -0.4 is 10.5 Å². The van der Waals surface area contributed by atoms with E-state index in [1.807, 2.05) is 0 Å². The summed E-state index contributed by atoms with van der Waals surface area (Å²) in [5.41, 5.74) is 5.67. The van der Waals surface area contributed by atoms with Crippen molar-refractivity contribution in [3.8, 4) is 5.75 Å². The first-order valence-electron chi connectivity index (χ1n) is 4.82. The third-order valence-electron chi connectivity index (χ3n) is 1.95. The number of rotatable bonds is 4. The zero-order chi connectivity index (χ0) is 13.8. The van der Waals surface area contributed by atoms with E-state index in [2.05, 4.69) is 11.3 Å². The van der Waals surface area contributed by atoms with Crippen LogP contribution in [0.2, 0.25) is 0 Å². The van der Waals surface area contributed by atoms with E-state index in [-0.39, 0.29) is 11.3 Å². The lowest BCUT2D eigenvalue weighted by atomic mass is 10.1. The lowest BCUT2D eigenvalue weighted by Gasteiger charge is -2.09. The second kappa shape index (κ2) is 5.39. The van der Waals surface area contributed by atoms with Crippen LogP contribution in [-0.2, 0) is 4.79 Å². The van der Waals surface area contributed by atoms with Crippen LogP contribution in [0.1, 0.15) is 5.56 Å². The topological polar surface area (TPSA) is 52.3 Å². The van der Waals surface area contributed by atoms with Gasteiger partial charge in [-0.1, -0.05) is 24.8 Å². The first-order valence-corrected chi connectivity index (χ1v) is 4.82. The van der Waals surface area contributed by atoms with Crippen molar-refractivity contribution in [2.75, 3.05) is 0 Å². The van der Waals surface area contributed by atoms with Crippen molar-refractivity contribution < 1.29 is 22.7 Å². The molecule has 0 aliphatic carbocycles. The Labute approximate surface area is 101 Å². The summed E-state index contributed by atoms with van der Waals surface area (Å²) in [6, 6.07) is 4.81. The van der Waals surface area contributed by atoms with Gasteiger partial charge in [0.2, 0.25) is 5.91 Å². The molecule has 1 amide bonds. The minimum absolute atomic E-state index is 0.156. The number of benzene rings is 1. The van der Waals surface area contributed by atoms with E-state index >= 15 is 0 Å². The van der Waals surface area contributed by atoms with Gasteiger partial charge in [0.15, 0.2) is 0 Å². The van der Waals surface area contributed by atoms with Gasteiger partial charge >= 0.3 is 6.36 Å². The number of hydrogen-bond donors (Lipinski definition) is 1. The van der Waals surface area contributed by atoms with Gasteiger partial charge in [-0.2, -0.15) is 0 Å². The standard InChI is InChI=1S/C12H10F3NO2/c1-2-3-10(11(16)17)8-4-6-9(7-5-8)18-12(13,14)15/h2-7H,1H2,(H2,16,17). The minimum atomic E-state index is -4.75. The molecule has 1 aromatic carbocycles. The number of nitrogens with two attached hydrogens (primary N) is 1.